The van der Waals surface area contributed by atoms with Gasteiger partial charge in [-0.05, 0) is 44.3 Å². The third-order valence-corrected chi connectivity index (χ3v) is 6.67. The Morgan fingerprint density at radius 3 is 2.72 bits per heavy atom. The third-order valence-electron chi connectivity index (χ3n) is 6.67. The van der Waals surface area contributed by atoms with Crippen molar-refractivity contribution < 1.29 is 14.2 Å². The lowest BCUT2D eigenvalue weighted by Crippen LogP contribution is -2.33. The number of methoxy groups -OCH3 is 2. The molecule has 0 aliphatic carbocycles. The molecule has 1 atom stereocenters. The second-order valence-electron chi connectivity index (χ2n) is 8.57. The number of hydrogen-bond acceptors (Lipinski definition) is 7. The van der Waals surface area contributed by atoms with Gasteiger partial charge >= 0.3 is 6.01 Å². The van der Waals surface area contributed by atoms with Crippen LogP contribution in [0.15, 0.2) is 36.4 Å². The van der Waals surface area contributed by atoms with Crippen LogP contribution in [-0.4, -0.2) is 61.9 Å². The number of anilines is 1. The first kappa shape index (κ1) is 20.8. The fraction of sp³-hybridized carbons (Fsp3) is 0.440. The molecule has 0 bridgehead atoms. The zero-order valence-corrected chi connectivity index (χ0v) is 19.0. The summed E-state index contributed by atoms with van der Waals surface area (Å²) in [6.07, 6.45) is 3.17. The highest BCUT2D eigenvalue weighted by Crippen LogP contribution is 2.36. The molecule has 3 heterocycles. The molecule has 32 heavy (non-hydrogen) atoms. The van der Waals surface area contributed by atoms with E-state index >= 15 is 0 Å². The predicted molar refractivity (Wildman–Crippen MR) is 125 cm³/mol. The first-order chi connectivity index (χ1) is 15.7. The predicted octanol–water partition coefficient (Wildman–Crippen LogP) is 3.68. The lowest BCUT2D eigenvalue weighted by Gasteiger charge is -2.31. The first-order valence-electron chi connectivity index (χ1n) is 11.2. The van der Waals surface area contributed by atoms with E-state index in [4.69, 9.17) is 19.2 Å². The van der Waals surface area contributed by atoms with Crippen molar-refractivity contribution in [1.82, 2.24) is 14.9 Å². The first-order valence-corrected chi connectivity index (χ1v) is 11.2. The molecule has 0 radical (unpaired) electrons. The fourth-order valence-corrected chi connectivity index (χ4v) is 4.82. The maximum absolute atomic E-state index is 6.03. The molecule has 0 spiro atoms. The molecule has 2 aromatic carbocycles. The van der Waals surface area contributed by atoms with Gasteiger partial charge in [0.05, 0.1) is 26.5 Å². The number of nitrogens with zero attached hydrogens (tertiary/aromatic N) is 4. The van der Waals surface area contributed by atoms with Crippen LogP contribution in [0.5, 0.6) is 17.6 Å². The molecule has 3 aromatic rings. The van der Waals surface area contributed by atoms with E-state index in [0.717, 1.165) is 54.0 Å². The molecule has 1 saturated heterocycles. The van der Waals surface area contributed by atoms with Crippen molar-refractivity contribution >= 4 is 16.5 Å². The number of likely N-dealkylation sites (N-methyl/N-ethyl adjacent to an activating group) is 1. The van der Waals surface area contributed by atoms with E-state index in [2.05, 4.69) is 58.2 Å². The van der Waals surface area contributed by atoms with Gasteiger partial charge in [0.25, 0.3) is 0 Å². The van der Waals surface area contributed by atoms with Crippen molar-refractivity contribution in [2.45, 2.75) is 31.8 Å². The van der Waals surface area contributed by atoms with Crippen LogP contribution in [0.25, 0.3) is 10.8 Å². The molecule has 0 unspecified atom stereocenters. The highest BCUT2D eigenvalue weighted by Gasteiger charge is 2.26. The summed E-state index contributed by atoms with van der Waals surface area (Å²) in [5, 5.41) is 2.37. The molecule has 0 amide bonds. The molecule has 1 fully saturated rings. The van der Waals surface area contributed by atoms with Crippen LogP contribution in [0.2, 0.25) is 0 Å². The zero-order chi connectivity index (χ0) is 22.1. The monoisotopic (exact) mass is 434 g/mol. The van der Waals surface area contributed by atoms with E-state index < -0.39 is 0 Å². The van der Waals surface area contributed by atoms with E-state index in [1.54, 1.807) is 14.2 Å². The minimum absolute atomic E-state index is 0.401. The van der Waals surface area contributed by atoms with Crippen LogP contribution in [0.1, 0.15) is 24.1 Å². The molecule has 1 aromatic heterocycles. The van der Waals surface area contributed by atoms with Gasteiger partial charge in [0.2, 0.25) is 5.88 Å². The van der Waals surface area contributed by atoms with Crippen LogP contribution >= 0.6 is 0 Å². The number of hydrogen-bond donors (Lipinski definition) is 0. The fourth-order valence-electron chi connectivity index (χ4n) is 4.82. The quantitative estimate of drug-likeness (QED) is 0.586. The van der Waals surface area contributed by atoms with Gasteiger partial charge in [-0.3, -0.25) is 0 Å². The van der Waals surface area contributed by atoms with E-state index in [1.807, 2.05) is 0 Å². The van der Waals surface area contributed by atoms with Crippen LogP contribution in [0.3, 0.4) is 0 Å². The Morgan fingerprint density at radius 2 is 1.94 bits per heavy atom. The van der Waals surface area contributed by atoms with Crippen LogP contribution in [0.4, 0.5) is 5.69 Å². The van der Waals surface area contributed by atoms with Crippen molar-refractivity contribution in [2.24, 2.45) is 0 Å². The number of ether oxygens (including phenoxy) is 3. The van der Waals surface area contributed by atoms with Crippen LogP contribution < -0.4 is 19.1 Å². The number of aromatic nitrogens is 2. The van der Waals surface area contributed by atoms with Crippen molar-refractivity contribution in [3.8, 4) is 17.6 Å². The van der Waals surface area contributed by atoms with Gasteiger partial charge in [-0.25, -0.2) is 0 Å². The Kier molecular flexibility index (Phi) is 5.74. The van der Waals surface area contributed by atoms with Gasteiger partial charge in [0.15, 0.2) is 0 Å². The van der Waals surface area contributed by atoms with Gasteiger partial charge in [-0.2, -0.15) is 9.97 Å². The summed E-state index contributed by atoms with van der Waals surface area (Å²) in [6.45, 7) is 3.25. The molecule has 7 heteroatoms. The number of likely N-dealkylation sites (tertiary alicyclic amines) is 1. The lowest BCUT2D eigenvalue weighted by molar-refractivity contribution is 0.185. The Bertz CT molecular complexity index is 1120. The summed E-state index contributed by atoms with van der Waals surface area (Å²) in [7, 11) is 5.52. The minimum atomic E-state index is 0.401. The summed E-state index contributed by atoms with van der Waals surface area (Å²) >= 11 is 0. The Morgan fingerprint density at radius 1 is 1.06 bits per heavy atom. The van der Waals surface area contributed by atoms with Crippen molar-refractivity contribution in [1.29, 1.82) is 0 Å². The van der Waals surface area contributed by atoms with Gasteiger partial charge < -0.3 is 24.0 Å². The zero-order valence-electron chi connectivity index (χ0n) is 19.0. The van der Waals surface area contributed by atoms with Crippen molar-refractivity contribution in [3.05, 3.63) is 47.7 Å². The SMILES string of the molecule is COc1cc(N2CCc3c(nc(OC[C@@H]4CCCN4C)nc3OC)C2)c2ccccc2c1. The largest absolute Gasteiger partial charge is 0.497 e. The highest BCUT2D eigenvalue weighted by atomic mass is 16.5. The van der Waals surface area contributed by atoms with Crippen LogP contribution in [-0.2, 0) is 13.0 Å². The summed E-state index contributed by atoms with van der Waals surface area (Å²) in [5.74, 6) is 1.48. The van der Waals surface area contributed by atoms with E-state index in [1.165, 1.54) is 11.8 Å². The van der Waals surface area contributed by atoms with Crippen molar-refractivity contribution in [2.75, 3.05) is 45.9 Å². The summed E-state index contributed by atoms with van der Waals surface area (Å²) in [4.78, 5) is 14.0. The molecule has 5 rings (SSSR count). The third kappa shape index (κ3) is 3.93. The van der Waals surface area contributed by atoms with Gasteiger partial charge in [0.1, 0.15) is 12.4 Å². The summed E-state index contributed by atoms with van der Waals surface area (Å²) in [6, 6.07) is 13.4. The second-order valence-corrected chi connectivity index (χ2v) is 8.57. The van der Waals surface area contributed by atoms with E-state index in [9.17, 15) is 0 Å². The maximum Gasteiger partial charge on any atom is 0.320 e. The standard InChI is InChI=1S/C25H30N4O3/c1-28-11-6-8-18(28)16-32-25-26-22-15-29(12-10-21(22)24(27-25)31-3)23-14-19(30-2)13-17-7-4-5-9-20(17)23/h4-5,7,9,13-14,18H,6,8,10-12,15-16H2,1-3H3/t18-/m0/s1. The average molecular weight is 435 g/mol. The Balaban J connectivity index is 1.44. The molecule has 168 valence electrons. The number of rotatable bonds is 6. The van der Waals surface area contributed by atoms with E-state index in [0.29, 0.717) is 31.1 Å². The number of fused-ring (bicyclic) bond motifs is 2. The minimum Gasteiger partial charge on any atom is -0.497 e. The Labute approximate surface area is 188 Å². The Hall–Kier alpha value is -3.06. The van der Waals surface area contributed by atoms with Gasteiger partial charge in [0, 0.05) is 35.3 Å². The normalized spacial score (nSPS) is 18.6. The van der Waals surface area contributed by atoms with Crippen molar-refractivity contribution in [3.63, 3.8) is 0 Å². The maximum atomic E-state index is 6.03. The summed E-state index contributed by atoms with van der Waals surface area (Å²) in [5.41, 5.74) is 3.18. The van der Waals surface area contributed by atoms with Gasteiger partial charge in [-0.15, -0.1) is 0 Å². The van der Waals surface area contributed by atoms with Gasteiger partial charge in [-0.1, -0.05) is 24.3 Å². The lowest BCUT2D eigenvalue weighted by atomic mass is 10.0. The average Bonchev–Trinajstić information content (AvgIpc) is 3.25. The number of benzene rings is 2. The second kappa shape index (κ2) is 8.82. The molecular weight excluding hydrogens is 404 g/mol. The molecule has 2 aliphatic heterocycles. The van der Waals surface area contributed by atoms with E-state index in [-0.39, 0.29) is 0 Å². The molecule has 0 N–H and O–H groups in total. The van der Waals surface area contributed by atoms with Crippen LogP contribution in [0, 0.1) is 0 Å². The topological polar surface area (TPSA) is 60.0 Å². The molecular formula is C25H30N4O3. The summed E-state index contributed by atoms with van der Waals surface area (Å²) < 4.78 is 17.2. The molecule has 7 nitrogen and oxygen atoms in total. The smallest absolute Gasteiger partial charge is 0.320 e. The molecule has 2 aliphatic rings. The highest BCUT2D eigenvalue weighted by molar-refractivity contribution is 5.95. The molecule has 0 saturated carbocycles.